The van der Waals surface area contributed by atoms with E-state index in [9.17, 15) is 8.42 Å². The first kappa shape index (κ1) is 12.5. The van der Waals surface area contributed by atoms with Crippen molar-refractivity contribution in [2.24, 2.45) is 5.73 Å². The van der Waals surface area contributed by atoms with Crippen LogP contribution >= 0.6 is 27.3 Å². The number of nitrogens with two attached hydrogens (primary N) is 1. The van der Waals surface area contributed by atoms with Crippen LogP contribution in [-0.4, -0.2) is 19.7 Å². The number of halogens is 1. The van der Waals surface area contributed by atoms with Gasteiger partial charge in [0.2, 0.25) is 0 Å². The molecule has 0 bridgehead atoms. The van der Waals surface area contributed by atoms with Crippen molar-refractivity contribution in [1.29, 1.82) is 0 Å². The van der Waals surface area contributed by atoms with Gasteiger partial charge in [-0.2, -0.15) is 0 Å². The van der Waals surface area contributed by atoms with Crippen molar-refractivity contribution >= 4 is 37.1 Å². The van der Waals surface area contributed by atoms with Gasteiger partial charge in [0, 0.05) is 6.04 Å². The molecule has 3 nitrogen and oxygen atoms in total. The topological polar surface area (TPSA) is 60.2 Å². The maximum atomic E-state index is 12.3. The largest absolute Gasteiger partial charge is 0.328 e. The average Bonchev–Trinajstić information content (AvgIpc) is 2.66. The molecule has 0 radical (unpaired) electrons. The van der Waals surface area contributed by atoms with Crippen LogP contribution in [0, 0.1) is 0 Å². The fourth-order valence-corrected chi connectivity index (χ4v) is 6.08. The molecule has 6 heteroatoms. The lowest BCUT2D eigenvalue weighted by Crippen LogP contribution is -2.33. The average molecular weight is 324 g/mol. The van der Waals surface area contributed by atoms with Crippen LogP contribution in [0.5, 0.6) is 0 Å². The second-order valence-electron chi connectivity index (χ2n) is 4.14. The minimum absolute atomic E-state index is 0.182. The molecular weight excluding hydrogens is 310 g/mol. The molecule has 0 spiro atoms. The van der Waals surface area contributed by atoms with Crippen LogP contribution in [0.15, 0.2) is 20.1 Å². The molecule has 0 atom stereocenters. The van der Waals surface area contributed by atoms with Gasteiger partial charge >= 0.3 is 0 Å². The zero-order valence-electron chi connectivity index (χ0n) is 8.73. The molecule has 0 aromatic carbocycles. The lowest BCUT2D eigenvalue weighted by Gasteiger charge is -2.25. The molecule has 1 heterocycles. The summed E-state index contributed by atoms with van der Waals surface area (Å²) < 4.78 is 25.8. The minimum Gasteiger partial charge on any atom is -0.328 e. The molecule has 16 heavy (non-hydrogen) atoms. The molecule has 0 saturated heterocycles. The maximum Gasteiger partial charge on any atom is 0.190 e. The zero-order chi connectivity index (χ0) is 11.8. The normalized spacial score (nSPS) is 26.9. The Balaban J connectivity index is 2.20. The summed E-state index contributed by atoms with van der Waals surface area (Å²) in [6, 6.07) is 3.64. The summed E-state index contributed by atoms with van der Waals surface area (Å²) in [6.07, 6.45) is 3.02. The van der Waals surface area contributed by atoms with Gasteiger partial charge in [0.1, 0.15) is 4.21 Å². The molecule has 0 unspecified atom stereocenters. The fourth-order valence-electron chi connectivity index (χ4n) is 2.01. The van der Waals surface area contributed by atoms with E-state index < -0.39 is 9.84 Å². The highest BCUT2D eigenvalue weighted by Crippen LogP contribution is 2.33. The van der Waals surface area contributed by atoms with Crippen LogP contribution in [0.4, 0.5) is 0 Å². The highest BCUT2D eigenvalue weighted by atomic mass is 79.9. The minimum atomic E-state index is -3.13. The predicted octanol–water partition coefficient (Wildman–Crippen LogP) is 2.55. The summed E-state index contributed by atoms with van der Waals surface area (Å²) in [6.45, 7) is 0. The van der Waals surface area contributed by atoms with E-state index in [2.05, 4.69) is 15.9 Å². The van der Waals surface area contributed by atoms with Gasteiger partial charge in [-0.05, 0) is 53.7 Å². The fraction of sp³-hybridized carbons (Fsp3) is 0.600. The van der Waals surface area contributed by atoms with Gasteiger partial charge < -0.3 is 5.73 Å². The highest BCUT2D eigenvalue weighted by molar-refractivity contribution is 9.11. The van der Waals surface area contributed by atoms with E-state index in [1.807, 2.05) is 0 Å². The number of hydrogen-bond acceptors (Lipinski definition) is 4. The lowest BCUT2D eigenvalue weighted by molar-refractivity contribution is 0.434. The van der Waals surface area contributed by atoms with Gasteiger partial charge in [-0.15, -0.1) is 11.3 Å². The van der Waals surface area contributed by atoms with E-state index in [1.54, 1.807) is 12.1 Å². The molecule has 1 aliphatic rings. The van der Waals surface area contributed by atoms with Gasteiger partial charge in [-0.25, -0.2) is 8.42 Å². The Hall–Kier alpha value is 0.0900. The first-order valence-electron chi connectivity index (χ1n) is 5.25. The van der Waals surface area contributed by atoms with E-state index in [-0.39, 0.29) is 11.3 Å². The van der Waals surface area contributed by atoms with E-state index in [4.69, 9.17) is 5.73 Å². The summed E-state index contributed by atoms with van der Waals surface area (Å²) in [5.74, 6) is 0. The standard InChI is InChI=1S/C10H14BrNO2S2/c11-9-5-6-10(15-9)16(13,14)8-3-1-7(12)2-4-8/h5-8H,1-4,12H2. The van der Waals surface area contributed by atoms with Gasteiger partial charge in [0.25, 0.3) is 0 Å². The third-order valence-corrected chi connectivity index (χ3v) is 7.40. The molecule has 90 valence electrons. The molecule has 1 aromatic heterocycles. The lowest BCUT2D eigenvalue weighted by atomic mass is 9.96. The van der Waals surface area contributed by atoms with Gasteiger partial charge in [-0.1, -0.05) is 0 Å². The van der Waals surface area contributed by atoms with Crippen molar-refractivity contribution in [2.45, 2.75) is 41.2 Å². The summed E-state index contributed by atoms with van der Waals surface area (Å²) in [7, 11) is -3.13. The first-order valence-corrected chi connectivity index (χ1v) is 8.40. The third-order valence-electron chi connectivity index (χ3n) is 2.99. The molecule has 0 aliphatic heterocycles. The van der Waals surface area contributed by atoms with Crippen LogP contribution in [0.3, 0.4) is 0 Å². The first-order chi connectivity index (χ1) is 7.50. The van der Waals surface area contributed by atoms with Crippen LogP contribution in [0.1, 0.15) is 25.7 Å². The molecule has 1 aromatic rings. The van der Waals surface area contributed by atoms with E-state index in [0.717, 1.165) is 16.6 Å². The maximum absolute atomic E-state index is 12.3. The molecular formula is C10H14BrNO2S2. The quantitative estimate of drug-likeness (QED) is 0.909. The van der Waals surface area contributed by atoms with Crippen molar-refractivity contribution in [3.63, 3.8) is 0 Å². The van der Waals surface area contributed by atoms with E-state index in [0.29, 0.717) is 17.1 Å². The summed E-state index contributed by atoms with van der Waals surface area (Å²) >= 11 is 4.58. The Morgan fingerprint density at radius 1 is 1.25 bits per heavy atom. The molecule has 1 saturated carbocycles. The van der Waals surface area contributed by atoms with Crippen LogP contribution in [0.25, 0.3) is 0 Å². The Kier molecular flexibility index (Phi) is 3.73. The molecule has 2 N–H and O–H groups in total. The second-order valence-corrected chi connectivity index (χ2v) is 9.06. The van der Waals surface area contributed by atoms with Crippen molar-refractivity contribution in [3.8, 4) is 0 Å². The molecule has 0 amide bonds. The van der Waals surface area contributed by atoms with Crippen molar-refractivity contribution in [3.05, 3.63) is 15.9 Å². The van der Waals surface area contributed by atoms with Crippen molar-refractivity contribution < 1.29 is 8.42 Å². The number of sulfone groups is 1. The summed E-state index contributed by atoms with van der Waals surface area (Å²) in [5.41, 5.74) is 5.78. The second kappa shape index (κ2) is 4.76. The zero-order valence-corrected chi connectivity index (χ0v) is 11.9. The number of rotatable bonds is 2. The summed E-state index contributed by atoms with van der Waals surface area (Å²) in [4.78, 5) is 0. The monoisotopic (exact) mass is 323 g/mol. The number of thiophene rings is 1. The van der Waals surface area contributed by atoms with Gasteiger partial charge in [0.15, 0.2) is 9.84 Å². The highest BCUT2D eigenvalue weighted by Gasteiger charge is 2.31. The Bertz CT molecular complexity index is 461. The summed E-state index contributed by atoms with van der Waals surface area (Å²) in [5, 5.41) is -0.238. The van der Waals surface area contributed by atoms with Crippen LogP contribution in [0.2, 0.25) is 0 Å². The predicted molar refractivity (Wildman–Crippen MR) is 69.4 cm³/mol. The molecule has 1 fully saturated rings. The van der Waals surface area contributed by atoms with Gasteiger partial charge in [-0.3, -0.25) is 0 Å². The van der Waals surface area contributed by atoms with E-state index >= 15 is 0 Å². The Labute approximate surface area is 108 Å². The van der Waals surface area contributed by atoms with Gasteiger partial charge in [0.05, 0.1) is 9.04 Å². The molecule has 1 aliphatic carbocycles. The number of hydrogen-bond donors (Lipinski definition) is 1. The Morgan fingerprint density at radius 3 is 2.38 bits per heavy atom. The van der Waals surface area contributed by atoms with Crippen LogP contribution in [-0.2, 0) is 9.84 Å². The van der Waals surface area contributed by atoms with Crippen molar-refractivity contribution in [2.75, 3.05) is 0 Å². The smallest absolute Gasteiger partial charge is 0.190 e. The Morgan fingerprint density at radius 2 is 1.88 bits per heavy atom. The van der Waals surface area contributed by atoms with Crippen molar-refractivity contribution in [1.82, 2.24) is 0 Å². The van der Waals surface area contributed by atoms with E-state index in [1.165, 1.54) is 11.3 Å². The van der Waals surface area contributed by atoms with Crippen LogP contribution < -0.4 is 5.73 Å². The third kappa shape index (κ3) is 2.50. The molecule has 2 rings (SSSR count). The SMILES string of the molecule is NC1CCC(S(=O)(=O)c2ccc(Br)s2)CC1.